The molecule has 1 saturated carbocycles. The molecule has 1 saturated heterocycles. The van der Waals surface area contributed by atoms with Crippen LogP contribution in [0, 0.1) is 11.8 Å². The number of piperazine rings is 1. The average molecular weight is 364 g/mol. The summed E-state index contributed by atoms with van der Waals surface area (Å²) in [6.45, 7) is 2.64. The maximum absolute atomic E-state index is 13.2. The van der Waals surface area contributed by atoms with Crippen molar-refractivity contribution in [2.45, 2.75) is 12.6 Å². The number of anilines is 1. The monoisotopic (exact) mass is 363 g/mol. The Labute approximate surface area is 142 Å². The first-order chi connectivity index (χ1) is 11.3. The van der Waals surface area contributed by atoms with Crippen LogP contribution >= 0.6 is 11.6 Å². The van der Waals surface area contributed by atoms with Crippen molar-refractivity contribution in [3.05, 3.63) is 22.8 Å². The van der Waals surface area contributed by atoms with Gasteiger partial charge in [-0.3, -0.25) is 9.69 Å². The largest absolute Gasteiger partial charge is 0.481 e. The lowest BCUT2D eigenvalue weighted by Gasteiger charge is -2.36. The van der Waals surface area contributed by atoms with Gasteiger partial charge in [0.25, 0.3) is 0 Å². The Morgan fingerprint density at radius 2 is 2.00 bits per heavy atom. The van der Waals surface area contributed by atoms with Gasteiger partial charge >= 0.3 is 12.1 Å². The molecule has 2 fully saturated rings. The molecule has 0 aromatic carbocycles. The number of aromatic nitrogens is 1. The van der Waals surface area contributed by atoms with E-state index < -0.39 is 17.7 Å². The molecule has 1 N–H and O–H groups in total. The van der Waals surface area contributed by atoms with E-state index >= 15 is 0 Å². The molecule has 1 aromatic heterocycles. The normalized spacial score (nSPS) is 24.9. The molecule has 1 aromatic rings. The molecular formula is C15H17ClF3N3O2. The molecule has 132 valence electrons. The van der Waals surface area contributed by atoms with Gasteiger partial charge in [-0.1, -0.05) is 11.6 Å². The minimum atomic E-state index is -4.56. The number of pyridine rings is 1. The van der Waals surface area contributed by atoms with Crippen LogP contribution in [-0.4, -0.2) is 53.7 Å². The van der Waals surface area contributed by atoms with Crippen molar-refractivity contribution in [1.29, 1.82) is 0 Å². The van der Waals surface area contributed by atoms with Gasteiger partial charge in [-0.15, -0.1) is 0 Å². The molecule has 0 radical (unpaired) electrons. The van der Waals surface area contributed by atoms with Crippen LogP contribution in [0.5, 0.6) is 0 Å². The average Bonchev–Trinajstić information content (AvgIpc) is 3.26. The van der Waals surface area contributed by atoms with E-state index in [2.05, 4.69) is 9.88 Å². The molecule has 1 aliphatic heterocycles. The van der Waals surface area contributed by atoms with Gasteiger partial charge in [0, 0.05) is 38.9 Å². The van der Waals surface area contributed by atoms with E-state index in [1.165, 1.54) is 6.20 Å². The molecule has 1 aliphatic carbocycles. The first-order valence-corrected chi connectivity index (χ1v) is 8.07. The molecule has 9 heteroatoms. The number of aliphatic carboxylic acids is 1. The smallest absolute Gasteiger partial charge is 0.421 e. The Balaban J connectivity index is 1.63. The Morgan fingerprint density at radius 3 is 2.54 bits per heavy atom. The van der Waals surface area contributed by atoms with Crippen LogP contribution in [-0.2, 0) is 11.0 Å². The molecule has 3 rings (SSSR count). The zero-order chi connectivity index (χ0) is 17.5. The predicted molar refractivity (Wildman–Crippen MR) is 82.1 cm³/mol. The lowest BCUT2D eigenvalue weighted by molar-refractivity contribution is -0.139. The molecule has 2 atom stereocenters. The Kier molecular flexibility index (Phi) is 4.61. The Bertz CT molecular complexity index is 633. The third-order valence-electron chi connectivity index (χ3n) is 4.57. The fourth-order valence-corrected chi connectivity index (χ4v) is 3.40. The van der Waals surface area contributed by atoms with Crippen molar-refractivity contribution < 1.29 is 23.1 Å². The molecule has 0 spiro atoms. The number of carboxylic acid groups (broad SMARTS) is 1. The summed E-state index contributed by atoms with van der Waals surface area (Å²) in [5, 5.41) is 8.57. The van der Waals surface area contributed by atoms with Crippen molar-refractivity contribution in [1.82, 2.24) is 9.88 Å². The van der Waals surface area contributed by atoms with Gasteiger partial charge < -0.3 is 10.0 Å². The lowest BCUT2D eigenvalue weighted by atomic mass is 10.2. The first kappa shape index (κ1) is 17.3. The summed E-state index contributed by atoms with van der Waals surface area (Å²) in [6, 6.07) is 1.14. The standard InChI is InChI=1S/C15H17ClF3N3O2/c16-11-1-2-20-13(12(11)15(17,18)19)22-5-3-21(4-6-22)8-9-7-10(9)14(23)24/h1-2,9-10H,3-8H2,(H,23,24)/t9-,10?/m0/s1. The first-order valence-electron chi connectivity index (χ1n) is 7.69. The van der Waals surface area contributed by atoms with Crippen LogP contribution < -0.4 is 4.90 Å². The molecule has 0 amide bonds. The van der Waals surface area contributed by atoms with Crippen molar-refractivity contribution >= 4 is 23.4 Å². The number of hydrogen-bond acceptors (Lipinski definition) is 4. The van der Waals surface area contributed by atoms with Crippen LogP contribution in [0.15, 0.2) is 12.3 Å². The van der Waals surface area contributed by atoms with Crippen LogP contribution in [0.4, 0.5) is 19.0 Å². The number of halogens is 4. The zero-order valence-corrected chi connectivity index (χ0v) is 13.5. The Morgan fingerprint density at radius 1 is 1.33 bits per heavy atom. The van der Waals surface area contributed by atoms with Crippen LogP contribution in [0.25, 0.3) is 0 Å². The van der Waals surface area contributed by atoms with Gasteiger partial charge in [-0.2, -0.15) is 13.2 Å². The van der Waals surface area contributed by atoms with Gasteiger partial charge in [0.2, 0.25) is 0 Å². The number of rotatable bonds is 4. The fourth-order valence-electron chi connectivity index (χ4n) is 3.16. The number of nitrogens with zero attached hydrogens (tertiary/aromatic N) is 3. The summed E-state index contributed by atoms with van der Waals surface area (Å²) < 4.78 is 39.7. The van der Waals surface area contributed by atoms with E-state index in [0.717, 1.165) is 6.07 Å². The summed E-state index contributed by atoms with van der Waals surface area (Å²) in [4.78, 5) is 18.4. The number of alkyl halides is 3. The summed E-state index contributed by atoms with van der Waals surface area (Å²) in [5.74, 6) is -1.01. The fraction of sp³-hybridized carbons (Fsp3) is 0.600. The number of carboxylic acids is 1. The minimum absolute atomic E-state index is 0.135. The number of carbonyl (C=O) groups is 1. The third-order valence-corrected chi connectivity index (χ3v) is 4.88. The summed E-state index contributed by atoms with van der Waals surface area (Å²) in [5.41, 5.74) is -0.895. The lowest BCUT2D eigenvalue weighted by Crippen LogP contribution is -2.48. The predicted octanol–water partition coefficient (Wildman–Crippen LogP) is 2.60. The Hall–Kier alpha value is -1.54. The van der Waals surface area contributed by atoms with Crippen molar-refractivity contribution in [2.75, 3.05) is 37.6 Å². The van der Waals surface area contributed by atoms with Crippen molar-refractivity contribution in [2.24, 2.45) is 11.8 Å². The molecule has 24 heavy (non-hydrogen) atoms. The highest BCUT2D eigenvalue weighted by atomic mass is 35.5. The van der Waals surface area contributed by atoms with E-state index in [1.54, 1.807) is 4.90 Å². The van der Waals surface area contributed by atoms with Crippen LogP contribution in [0.2, 0.25) is 5.02 Å². The van der Waals surface area contributed by atoms with E-state index in [1.807, 2.05) is 0 Å². The SMILES string of the molecule is O=C(O)C1C[C@H]1CN1CCN(c2nccc(Cl)c2C(F)(F)F)CC1. The maximum atomic E-state index is 13.2. The molecule has 0 bridgehead atoms. The van der Waals surface area contributed by atoms with Gasteiger partial charge in [0.1, 0.15) is 11.4 Å². The molecule has 1 unspecified atom stereocenters. The highest BCUT2D eigenvalue weighted by Crippen LogP contribution is 2.41. The number of hydrogen-bond donors (Lipinski definition) is 1. The summed E-state index contributed by atoms with van der Waals surface area (Å²) >= 11 is 5.73. The quantitative estimate of drug-likeness (QED) is 0.891. The van der Waals surface area contributed by atoms with E-state index in [0.29, 0.717) is 39.1 Å². The topological polar surface area (TPSA) is 56.7 Å². The van der Waals surface area contributed by atoms with Crippen LogP contribution in [0.3, 0.4) is 0 Å². The summed E-state index contributed by atoms with van der Waals surface area (Å²) in [7, 11) is 0. The van der Waals surface area contributed by atoms with Crippen LogP contribution in [0.1, 0.15) is 12.0 Å². The van der Waals surface area contributed by atoms with E-state index in [9.17, 15) is 18.0 Å². The molecule has 2 aliphatic rings. The molecule has 5 nitrogen and oxygen atoms in total. The van der Waals surface area contributed by atoms with Gasteiger partial charge in [-0.25, -0.2) is 4.98 Å². The van der Waals surface area contributed by atoms with Gasteiger partial charge in [0.05, 0.1) is 10.9 Å². The summed E-state index contributed by atoms with van der Waals surface area (Å²) in [6.07, 6.45) is -2.59. The van der Waals surface area contributed by atoms with Crippen molar-refractivity contribution in [3.8, 4) is 0 Å². The minimum Gasteiger partial charge on any atom is -0.481 e. The third kappa shape index (κ3) is 3.59. The second-order valence-corrected chi connectivity index (χ2v) is 6.62. The second-order valence-electron chi connectivity index (χ2n) is 6.22. The van der Waals surface area contributed by atoms with E-state index in [4.69, 9.17) is 16.7 Å². The maximum Gasteiger partial charge on any atom is 0.421 e. The van der Waals surface area contributed by atoms with Gasteiger partial charge in [-0.05, 0) is 18.4 Å². The highest BCUT2D eigenvalue weighted by molar-refractivity contribution is 6.31. The second kappa shape index (κ2) is 6.40. The zero-order valence-electron chi connectivity index (χ0n) is 12.8. The van der Waals surface area contributed by atoms with E-state index in [-0.39, 0.29) is 22.7 Å². The van der Waals surface area contributed by atoms with Crippen molar-refractivity contribution in [3.63, 3.8) is 0 Å². The van der Waals surface area contributed by atoms with Gasteiger partial charge in [0.15, 0.2) is 0 Å². The molecule has 2 heterocycles. The highest BCUT2D eigenvalue weighted by Gasteiger charge is 2.44. The molecular weight excluding hydrogens is 347 g/mol.